The maximum atomic E-state index is 5.25. The van der Waals surface area contributed by atoms with Crippen LogP contribution in [0.25, 0.3) is 0 Å². The lowest BCUT2D eigenvalue weighted by Gasteiger charge is -2.20. The number of pyridine rings is 5. The van der Waals surface area contributed by atoms with E-state index in [0.29, 0.717) is 28.6 Å². The van der Waals surface area contributed by atoms with Gasteiger partial charge >= 0.3 is 0 Å². The van der Waals surface area contributed by atoms with E-state index in [-0.39, 0.29) is 48.7 Å². The molecule has 13 heteroatoms. The Morgan fingerprint density at radius 2 is 0.712 bits per heavy atom. The lowest BCUT2D eigenvalue weighted by Crippen LogP contribution is -2.16. The van der Waals surface area contributed by atoms with Crippen LogP contribution in [0.2, 0.25) is 0 Å². The molecule has 0 aliphatic heterocycles. The molecule has 0 N–H and O–H groups in total. The van der Waals surface area contributed by atoms with Crippen LogP contribution in [-0.2, 0) is 48.7 Å². The highest BCUT2D eigenvalue weighted by Gasteiger charge is 2.21. The van der Waals surface area contributed by atoms with Gasteiger partial charge in [-0.3, -0.25) is 15.0 Å². The minimum Gasteiger partial charge on any atom is -0.262 e. The Morgan fingerprint density at radius 3 is 1.12 bits per heavy atom. The summed E-state index contributed by atoms with van der Waals surface area (Å²) in [5.41, 5.74) is 16.2. The Labute approximate surface area is 629 Å². The Bertz CT molecular complexity index is 3800. The average molecular weight is 1400 g/mol. The zero-order valence-corrected chi connectivity index (χ0v) is 69.0. The summed E-state index contributed by atoms with van der Waals surface area (Å²) >= 11 is 0. The van der Waals surface area contributed by atoms with E-state index in [1.54, 1.807) is 24.7 Å². The van der Waals surface area contributed by atoms with Crippen molar-refractivity contribution in [1.29, 1.82) is 0 Å². The number of aryl methyl sites for hydroxylation is 4. The monoisotopic (exact) mass is 1400 g/mol. The van der Waals surface area contributed by atoms with E-state index in [4.69, 9.17) is 32.1 Å². The fourth-order valence-corrected chi connectivity index (χ4v) is 8.53. The first kappa shape index (κ1) is 91.9. The van der Waals surface area contributed by atoms with Crippen LogP contribution in [0.4, 0.5) is 0 Å². The molecule has 0 aromatic carbocycles. The zero-order chi connectivity index (χ0) is 79.9. The molecule has 0 radical (unpaired) electrons. The fourth-order valence-electron chi connectivity index (χ4n) is 8.53. The van der Waals surface area contributed by atoms with Gasteiger partial charge in [0.2, 0.25) is 5.82 Å². The van der Waals surface area contributed by atoms with Crippen molar-refractivity contribution >= 4 is 0 Å². The van der Waals surface area contributed by atoms with Crippen molar-refractivity contribution in [3.8, 4) is 61.7 Å². The number of hydrogen-bond donors (Lipinski definition) is 0. The molecule has 9 aromatic heterocycles. The first-order valence-electron chi connectivity index (χ1n) is 35.1. The summed E-state index contributed by atoms with van der Waals surface area (Å²) in [6.45, 7) is 65.8. The summed E-state index contributed by atoms with van der Waals surface area (Å²) in [6.07, 6.45) is 38.3. The molecule has 550 valence electrons. The van der Waals surface area contributed by atoms with Crippen LogP contribution >= 0.6 is 0 Å². The molecule has 9 rings (SSSR count). The molecular formula is C91H121N13. The molecule has 0 bridgehead atoms. The van der Waals surface area contributed by atoms with E-state index >= 15 is 0 Å². The third kappa shape index (κ3) is 36.1. The van der Waals surface area contributed by atoms with Crippen molar-refractivity contribution in [3.63, 3.8) is 0 Å². The Kier molecular flexibility index (Phi) is 35.9. The molecule has 0 saturated carbocycles. The van der Waals surface area contributed by atoms with E-state index in [1.165, 1.54) is 23.0 Å². The second kappa shape index (κ2) is 40.6. The molecule has 0 aliphatic carbocycles. The van der Waals surface area contributed by atoms with Crippen LogP contribution in [0.5, 0.6) is 0 Å². The van der Waals surface area contributed by atoms with Gasteiger partial charge in [-0.25, -0.2) is 49.8 Å². The quantitative estimate of drug-likeness (QED) is 0.132. The molecule has 13 nitrogen and oxygen atoms in total. The second-order valence-corrected chi connectivity index (χ2v) is 34.1. The van der Waals surface area contributed by atoms with Crippen molar-refractivity contribution < 1.29 is 0 Å². The molecule has 0 saturated heterocycles. The van der Waals surface area contributed by atoms with Gasteiger partial charge in [0.25, 0.3) is 0 Å². The molecule has 9 aromatic rings. The third-order valence-electron chi connectivity index (χ3n) is 14.8. The van der Waals surface area contributed by atoms with Gasteiger partial charge in [0.15, 0.2) is 0 Å². The van der Waals surface area contributed by atoms with Gasteiger partial charge in [0, 0.05) is 104 Å². The minimum atomic E-state index is -0.0349. The number of terminal acetylenes is 5. The first-order valence-corrected chi connectivity index (χ1v) is 35.1. The summed E-state index contributed by atoms with van der Waals surface area (Å²) in [5.74, 6) is 14.5. The van der Waals surface area contributed by atoms with Crippen LogP contribution in [0.3, 0.4) is 0 Å². The summed E-state index contributed by atoms with van der Waals surface area (Å²) < 4.78 is 0. The molecule has 0 atom stereocenters. The van der Waals surface area contributed by atoms with Gasteiger partial charge in [0.05, 0.1) is 11.4 Å². The predicted octanol–water partition coefficient (Wildman–Crippen LogP) is 20.1. The van der Waals surface area contributed by atoms with Crippen LogP contribution in [0, 0.1) is 89.4 Å². The normalized spacial score (nSPS) is 11.2. The number of aromatic nitrogens is 13. The SMILES string of the molecule is C#Cc1cc(C(C)(C)C)ccn1.C#Cc1cc(C(C)(C)C)ncn1.C#Cc1cccc(C(C)(C)C)n1.C#Cc1ccnc(C(C)(C)C)n1.C#Cc1nccc(C(C)(C)C)n1.Cc1cc(C(C)(C)C)ccn1.Cc1cccc(C(C)(C)C)n1.Cc1nccc(C(C)(C)C)n1.Cc1ncccc1C(C)(C)C. The van der Waals surface area contributed by atoms with Gasteiger partial charge in [-0.1, -0.05) is 229 Å². The van der Waals surface area contributed by atoms with Gasteiger partial charge in [-0.2, -0.15) is 0 Å². The Hall–Kier alpha value is -10.1. The minimum absolute atomic E-state index is 0.0349. The predicted molar refractivity (Wildman–Crippen MR) is 436 cm³/mol. The third-order valence-corrected chi connectivity index (χ3v) is 14.8. The van der Waals surface area contributed by atoms with E-state index in [0.717, 1.165) is 57.2 Å². The molecule has 0 aliphatic rings. The highest BCUT2D eigenvalue weighted by atomic mass is 14.9. The van der Waals surface area contributed by atoms with E-state index in [2.05, 4.69) is 319 Å². The molecule has 104 heavy (non-hydrogen) atoms. The number of nitrogens with zero attached hydrogens (tertiary/aromatic N) is 13. The molecule has 0 unspecified atom stereocenters. The summed E-state index contributed by atoms with van der Waals surface area (Å²) in [4.78, 5) is 54.2. The molecule has 0 fully saturated rings. The van der Waals surface area contributed by atoms with Crippen LogP contribution in [0.1, 0.15) is 289 Å². The first-order chi connectivity index (χ1) is 47.7. The van der Waals surface area contributed by atoms with Crippen molar-refractivity contribution in [3.05, 3.63) is 243 Å². The second-order valence-electron chi connectivity index (χ2n) is 34.1. The molecule has 9 heterocycles. The molecular weight excluding hydrogens is 1280 g/mol. The molecule has 0 spiro atoms. The van der Waals surface area contributed by atoms with E-state index in [1.807, 2.05) is 100 Å². The highest BCUT2D eigenvalue weighted by Crippen LogP contribution is 2.27. The number of rotatable bonds is 0. The van der Waals surface area contributed by atoms with Gasteiger partial charge in [-0.15, -0.1) is 32.1 Å². The van der Waals surface area contributed by atoms with Crippen LogP contribution in [-0.4, -0.2) is 64.8 Å². The lowest BCUT2D eigenvalue weighted by molar-refractivity contribution is 0.544. The topological polar surface area (TPSA) is 168 Å². The van der Waals surface area contributed by atoms with Crippen molar-refractivity contribution in [2.75, 3.05) is 0 Å². The maximum Gasteiger partial charge on any atom is 0.204 e. The van der Waals surface area contributed by atoms with Crippen molar-refractivity contribution in [1.82, 2.24) is 64.8 Å². The maximum absolute atomic E-state index is 5.25. The standard InChI is InChI=1S/2C11H13N.3C10H12N2.3C10H15N.C9H14N2/c1-5-10-8-9(6-7-12-10)11(2,3)4;1-5-9-7-6-8-10(12-9)11(2,3)4;1-5-8-6-9(10(2,3)4)12-7-11-8;1-5-9-11-7-6-8(12-9)10(2,3)4;1-5-8-6-7-11-9(12-8)10(2,3)4;1-8-7-9(5-6-11-8)10(2,3)4;1-8-9(10(2,3)4)6-5-7-11-8;1-8-6-5-7-9(11-8)10(2,3)4;1-7-10-6-5-8(11-7)9(2,3)4/h2*1,6-8H,2-4H3;3*1,6-7H,2-4H3;3*5-7H,1-4H3;5-6H,1-4H3. The Balaban J connectivity index is 0.000000585. The summed E-state index contributed by atoms with van der Waals surface area (Å²) in [6, 6.07) is 31.7. The Morgan fingerprint density at radius 1 is 0.269 bits per heavy atom. The number of hydrogen-bond acceptors (Lipinski definition) is 13. The summed E-state index contributed by atoms with van der Waals surface area (Å²) in [7, 11) is 0. The summed E-state index contributed by atoms with van der Waals surface area (Å²) in [5, 5.41) is 0. The van der Waals surface area contributed by atoms with Crippen molar-refractivity contribution in [2.24, 2.45) is 0 Å². The van der Waals surface area contributed by atoms with Gasteiger partial charge in [0.1, 0.15) is 40.8 Å². The fraction of sp³-hybridized carbons (Fsp3) is 0.440. The smallest absolute Gasteiger partial charge is 0.204 e. The lowest BCUT2D eigenvalue weighted by atomic mass is 9.86. The van der Waals surface area contributed by atoms with E-state index < -0.39 is 0 Å². The van der Waals surface area contributed by atoms with Gasteiger partial charge < -0.3 is 0 Å². The largest absolute Gasteiger partial charge is 0.262 e. The van der Waals surface area contributed by atoms with Crippen LogP contribution in [0.15, 0.2) is 141 Å². The average Bonchev–Trinajstić information content (AvgIpc) is 0.838. The van der Waals surface area contributed by atoms with Crippen molar-refractivity contribution in [2.45, 2.75) is 263 Å². The van der Waals surface area contributed by atoms with Crippen LogP contribution < -0.4 is 0 Å². The molecule has 0 amide bonds. The van der Waals surface area contributed by atoms with Gasteiger partial charge in [-0.05, 0) is 145 Å². The van der Waals surface area contributed by atoms with E-state index in [9.17, 15) is 0 Å². The highest BCUT2D eigenvalue weighted by molar-refractivity contribution is 5.33. The zero-order valence-electron chi connectivity index (χ0n) is 69.0.